The van der Waals surface area contributed by atoms with Crippen LogP contribution in [0.4, 0.5) is 10.5 Å². The van der Waals surface area contributed by atoms with Gasteiger partial charge >= 0.3 is 12.0 Å². The zero-order valence-corrected chi connectivity index (χ0v) is 7.84. The Morgan fingerprint density at radius 2 is 2.12 bits per heavy atom. The van der Waals surface area contributed by atoms with Crippen molar-refractivity contribution in [2.45, 2.75) is 0 Å². The molecule has 0 saturated heterocycles. The zero-order chi connectivity index (χ0) is 12.0. The number of amides is 3. The van der Waals surface area contributed by atoms with Crippen LogP contribution >= 0.6 is 0 Å². The van der Waals surface area contributed by atoms with Crippen LogP contribution in [0.5, 0.6) is 0 Å². The van der Waals surface area contributed by atoms with E-state index in [9.17, 15) is 14.4 Å². The molecule has 3 N–H and O–H groups in total. The van der Waals surface area contributed by atoms with E-state index in [4.69, 9.17) is 5.11 Å². The SMILES string of the molecule is O=C(O)C=CC(=O)NC(=O)Nc1cnoc1. The highest BCUT2D eigenvalue weighted by molar-refractivity contribution is 6.06. The van der Waals surface area contributed by atoms with Gasteiger partial charge in [0.2, 0.25) is 0 Å². The number of hydrogen-bond acceptors (Lipinski definition) is 5. The lowest BCUT2D eigenvalue weighted by atomic mass is 10.4. The summed E-state index contributed by atoms with van der Waals surface area (Å²) in [6.07, 6.45) is 3.73. The van der Waals surface area contributed by atoms with E-state index in [2.05, 4.69) is 15.0 Å². The summed E-state index contributed by atoms with van der Waals surface area (Å²) in [4.78, 5) is 32.1. The highest BCUT2D eigenvalue weighted by Crippen LogP contribution is 2.02. The van der Waals surface area contributed by atoms with Crippen LogP contribution < -0.4 is 10.6 Å². The fraction of sp³-hybridized carbons (Fsp3) is 0. The summed E-state index contributed by atoms with van der Waals surface area (Å²) in [5, 5.41) is 15.6. The lowest BCUT2D eigenvalue weighted by molar-refractivity contribution is -0.131. The van der Waals surface area contributed by atoms with Gasteiger partial charge in [-0.3, -0.25) is 10.1 Å². The van der Waals surface area contributed by atoms with Crippen molar-refractivity contribution in [1.29, 1.82) is 0 Å². The summed E-state index contributed by atoms with van der Waals surface area (Å²) < 4.78 is 4.43. The molecule has 0 radical (unpaired) electrons. The van der Waals surface area contributed by atoms with Gasteiger partial charge in [-0.15, -0.1) is 0 Å². The number of nitrogens with zero attached hydrogens (tertiary/aromatic N) is 1. The Hall–Kier alpha value is -2.64. The number of hydrogen-bond donors (Lipinski definition) is 3. The lowest BCUT2D eigenvalue weighted by Crippen LogP contribution is -2.33. The summed E-state index contributed by atoms with van der Waals surface area (Å²) in [6, 6.07) is -0.816. The van der Waals surface area contributed by atoms with Crippen molar-refractivity contribution in [3.05, 3.63) is 24.6 Å². The van der Waals surface area contributed by atoms with Crippen molar-refractivity contribution in [2.75, 3.05) is 5.32 Å². The molecule has 1 heterocycles. The quantitative estimate of drug-likeness (QED) is 0.620. The number of aliphatic carboxylic acids is 1. The third-order valence-corrected chi connectivity index (χ3v) is 1.30. The van der Waals surface area contributed by atoms with Crippen LogP contribution in [0, 0.1) is 0 Å². The largest absolute Gasteiger partial charge is 0.478 e. The van der Waals surface area contributed by atoms with Gasteiger partial charge in [0.1, 0.15) is 12.0 Å². The summed E-state index contributed by atoms with van der Waals surface area (Å²) >= 11 is 0. The molecule has 0 saturated carbocycles. The number of aromatic nitrogens is 1. The van der Waals surface area contributed by atoms with Crippen molar-refractivity contribution < 1.29 is 24.0 Å². The van der Waals surface area contributed by atoms with Crippen molar-refractivity contribution >= 4 is 23.6 Å². The van der Waals surface area contributed by atoms with E-state index in [0.29, 0.717) is 6.08 Å². The summed E-state index contributed by atoms with van der Waals surface area (Å²) in [5.74, 6) is -2.13. The molecule has 0 aliphatic carbocycles. The second-order valence-electron chi connectivity index (χ2n) is 2.53. The van der Waals surface area contributed by atoms with Gasteiger partial charge < -0.3 is 14.9 Å². The van der Waals surface area contributed by atoms with Crippen molar-refractivity contribution in [1.82, 2.24) is 10.5 Å². The number of rotatable bonds is 3. The van der Waals surface area contributed by atoms with Crippen LogP contribution in [-0.2, 0) is 9.59 Å². The van der Waals surface area contributed by atoms with Crippen molar-refractivity contribution in [3.8, 4) is 0 Å². The normalized spacial score (nSPS) is 10.0. The maximum absolute atomic E-state index is 11.1. The molecule has 1 rings (SSSR count). The summed E-state index contributed by atoms with van der Waals surface area (Å²) in [7, 11) is 0. The molecule has 3 amide bonds. The molecule has 0 spiro atoms. The number of imide groups is 1. The minimum Gasteiger partial charge on any atom is -0.478 e. The molecule has 0 unspecified atom stereocenters. The fourth-order valence-electron chi connectivity index (χ4n) is 0.729. The number of carboxylic acid groups (broad SMARTS) is 1. The molecule has 0 atom stereocenters. The molecular weight excluding hydrogens is 218 g/mol. The average molecular weight is 225 g/mol. The van der Waals surface area contributed by atoms with E-state index in [0.717, 1.165) is 12.3 Å². The molecule has 0 aliphatic heterocycles. The van der Waals surface area contributed by atoms with Gasteiger partial charge in [-0.2, -0.15) is 0 Å². The molecule has 16 heavy (non-hydrogen) atoms. The van der Waals surface area contributed by atoms with Crippen LogP contribution in [0.2, 0.25) is 0 Å². The van der Waals surface area contributed by atoms with E-state index in [1.165, 1.54) is 6.20 Å². The monoisotopic (exact) mass is 225 g/mol. The van der Waals surface area contributed by atoms with Gasteiger partial charge in [0.15, 0.2) is 0 Å². The Morgan fingerprint density at radius 1 is 1.38 bits per heavy atom. The van der Waals surface area contributed by atoms with Gasteiger partial charge in [0.25, 0.3) is 5.91 Å². The maximum Gasteiger partial charge on any atom is 0.328 e. The van der Waals surface area contributed by atoms with E-state index in [1.54, 1.807) is 0 Å². The van der Waals surface area contributed by atoms with Gasteiger partial charge in [-0.1, -0.05) is 5.16 Å². The van der Waals surface area contributed by atoms with Crippen LogP contribution in [0.3, 0.4) is 0 Å². The number of carboxylic acids is 1. The minimum absolute atomic E-state index is 0.271. The van der Waals surface area contributed by atoms with Gasteiger partial charge in [0, 0.05) is 12.2 Å². The Kier molecular flexibility index (Phi) is 3.78. The molecule has 84 valence electrons. The van der Waals surface area contributed by atoms with Gasteiger partial charge in [-0.05, 0) is 0 Å². The topological polar surface area (TPSA) is 122 Å². The highest BCUT2D eigenvalue weighted by atomic mass is 16.5. The number of anilines is 1. The maximum atomic E-state index is 11.1. The first-order chi connectivity index (χ1) is 7.58. The minimum atomic E-state index is -1.28. The Morgan fingerprint density at radius 3 is 2.69 bits per heavy atom. The van der Waals surface area contributed by atoms with E-state index in [-0.39, 0.29) is 5.69 Å². The average Bonchev–Trinajstić information content (AvgIpc) is 2.67. The van der Waals surface area contributed by atoms with Crippen LogP contribution in [-0.4, -0.2) is 28.2 Å². The van der Waals surface area contributed by atoms with Crippen LogP contribution in [0.25, 0.3) is 0 Å². The Balaban J connectivity index is 2.40. The third-order valence-electron chi connectivity index (χ3n) is 1.30. The molecule has 8 heteroatoms. The standard InChI is InChI=1S/C8H7N3O5/c12-6(1-2-7(13)14)11-8(15)10-5-3-9-16-4-5/h1-4H,(H,13,14)(H2,10,11,12,15). The second kappa shape index (κ2) is 5.29. The number of carbonyl (C=O) groups is 3. The van der Waals surface area contributed by atoms with E-state index in [1.807, 2.05) is 5.32 Å². The highest BCUT2D eigenvalue weighted by Gasteiger charge is 2.06. The molecule has 0 aliphatic rings. The first kappa shape index (κ1) is 11.4. The summed E-state index contributed by atoms with van der Waals surface area (Å²) in [5.41, 5.74) is 0.271. The molecule has 0 aromatic carbocycles. The van der Waals surface area contributed by atoms with Crippen molar-refractivity contribution in [2.24, 2.45) is 0 Å². The Labute approximate surface area is 88.9 Å². The Bertz CT molecular complexity index is 423. The van der Waals surface area contributed by atoms with E-state index >= 15 is 0 Å². The first-order valence-corrected chi connectivity index (χ1v) is 4.00. The lowest BCUT2D eigenvalue weighted by Gasteiger charge is -2.00. The molecule has 1 aromatic rings. The number of urea groups is 1. The molecule has 8 nitrogen and oxygen atoms in total. The second-order valence-corrected chi connectivity index (χ2v) is 2.53. The molecule has 0 bridgehead atoms. The third kappa shape index (κ3) is 4.05. The van der Waals surface area contributed by atoms with Gasteiger partial charge in [0.05, 0.1) is 6.20 Å². The number of carbonyl (C=O) groups excluding carboxylic acids is 2. The predicted molar refractivity (Wildman–Crippen MR) is 50.4 cm³/mol. The van der Waals surface area contributed by atoms with Crippen LogP contribution in [0.1, 0.15) is 0 Å². The molecular formula is C8H7N3O5. The van der Waals surface area contributed by atoms with Crippen LogP contribution in [0.15, 0.2) is 29.1 Å². The van der Waals surface area contributed by atoms with Gasteiger partial charge in [-0.25, -0.2) is 9.59 Å². The van der Waals surface area contributed by atoms with E-state index < -0.39 is 17.9 Å². The molecule has 1 aromatic heterocycles. The smallest absolute Gasteiger partial charge is 0.328 e. The molecule has 0 fully saturated rings. The number of nitrogens with one attached hydrogen (secondary N) is 2. The fourth-order valence-corrected chi connectivity index (χ4v) is 0.729. The zero-order valence-electron chi connectivity index (χ0n) is 7.84. The summed E-state index contributed by atoms with van der Waals surface area (Å²) in [6.45, 7) is 0. The van der Waals surface area contributed by atoms with Crippen molar-refractivity contribution in [3.63, 3.8) is 0 Å². The predicted octanol–water partition coefficient (Wildman–Crippen LogP) is -0.0365. The first-order valence-electron chi connectivity index (χ1n) is 4.00.